The van der Waals surface area contributed by atoms with Crippen LogP contribution >= 0.6 is 0 Å². The molecule has 6 nitrogen and oxygen atoms in total. The van der Waals surface area contributed by atoms with Gasteiger partial charge in [0.2, 0.25) is 0 Å². The third-order valence-electron chi connectivity index (χ3n) is 9.01. The molecule has 0 spiro atoms. The summed E-state index contributed by atoms with van der Waals surface area (Å²) in [6, 6.07) is 0. The molecule has 0 saturated heterocycles. The van der Waals surface area contributed by atoms with Gasteiger partial charge in [0.15, 0.2) is 0 Å². The van der Waals surface area contributed by atoms with Gasteiger partial charge >= 0.3 is 5.97 Å². The summed E-state index contributed by atoms with van der Waals surface area (Å²) in [6.07, 6.45) is 20.3. The molecule has 2 aliphatic carbocycles. The Hall–Kier alpha value is -3.15. The molecular formula is C37H48O6. The Morgan fingerprint density at radius 3 is 2.19 bits per heavy atom. The van der Waals surface area contributed by atoms with Gasteiger partial charge in [-0.15, -0.1) is 5.73 Å². The Morgan fingerprint density at radius 2 is 1.53 bits per heavy atom. The molecular weight excluding hydrogens is 540 g/mol. The molecule has 2 aliphatic heterocycles. The van der Waals surface area contributed by atoms with Crippen LogP contribution in [0.4, 0.5) is 0 Å². The summed E-state index contributed by atoms with van der Waals surface area (Å²) in [6.45, 7) is 16.0. The number of ether oxygens (including phenoxy) is 2. The molecule has 3 N–H and O–H groups in total. The van der Waals surface area contributed by atoms with Crippen molar-refractivity contribution in [2.45, 2.75) is 104 Å². The van der Waals surface area contributed by atoms with Crippen LogP contribution in [0, 0.1) is 16.7 Å². The molecule has 0 amide bonds. The fourth-order valence-electron chi connectivity index (χ4n) is 7.41. The van der Waals surface area contributed by atoms with Gasteiger partial charge in [0.1, 0.15) is 22.7 Å². The van der Waals surface area contributed by atoms with Crippen LogP contribution in [0.5, 0.6) is 0 Å². The number of carbonyl (C=O) groups is 1. The summed E-state index contributed by atoms with van der Waals surface area (Å²) >= 11 is 0. The number of aliphatic hydroxyl groups is 3. The second-order valence-corrected chi connectivity index (χ2v) is 14.4. The molecule has 0 radical (unpaired) electrons. The molecule has 2 heterocycles. The lowest BCUT2D eigenvalue weighted by Crippen LogP contribution is -2.49. The third kappa shape index (κ3) is 7.50. The Morgan fingerprint density at radius 1 is 0.907 bits per heavy atom. The zero-order valence-corrected chi connectivity index (χ0v) is 26.9. The summed E-state index contributed by atoms with van der Waals surface area (Å²) in [5.41, 5.74) is 4.35. The molecule has 1 unspecified atom stereocenters. The maximum absolute atomic E-state index is 12.7. The van der Waals surface area contributed by atoms with E-state index in [1.807, 2.05) is 89.3 Å². The molecule has 4 rings (SSSR count). The van der Waals surface area contributed by atoms with E-state index in [0.29, 0.717) is 42.8 Å². The van der Waals surface area contributed by atoms with E-state index in [2.05, 4.69) is 19.6 Å². The predicted octanol–water partition coefficient (Wildman–Crippen LogP) is 6.84. The summed E-state index contributed by atoms with van der Waals surface area (Å²) in [5, 5.41) is 31.3. The number of hydrogen-bond donors (Lipinski definition) is 3. The van der Waals surface area contributed by atoms with Crippen molar-refractivity contribution in [1.29, 1.82) is 0 Å². The molecule has 43 heavy (non-hydrogen) atoms. The van der Waals surface area contributed by atoms with Crippen LogP contribution < -0.4 is 0 Å². The number of rotatable bonds is 6. The van der Waals surface area contributed by atoms with E-state index in [0.717, 1.165) is 16.7 Å². The largest absolute Gasteiger partial charge is 0.486 e. The summed E-state index contributed by atoms with van der Waals surface area (Å²) in [4.78, 5) is 12.7. The highest BCUT2D eigenvalue weighted by Gasteiger charge is 2.54. The fourth-order valence-corrected chi connectivity index (χ4v) is 7.41. The topological polar surface area (TPSA) is 96.2 Å². The highest BCUT2D eigenvalue weighted by molar-refractivity contribution is 5.97. The van der Waals surface area contributed by atoms with E-state index in [1.165, 1.54) is 0 Å². The SMILES string of the molecule is C\C(C=C=C1C(C)(C)C[C@H](O)C[C@@]1(C)O)=C/C=C/C=C/C=C(C)/C=C1/C=C(C2=CC3C(C)(C)C[C@H](O)C[C@@]3(C)O2)C(=O)O1. The van der Waals surface area contributed by atoms with Gasteiger partial charge in [-0.05, 0) is 86.8 Å². The number of allylic oxidation sites excluding steroid dienone is 10. The van der Waals surface area contributed by atoms with Crippen LogP contribution in [0.3, 0.4) is 0 Å². The van der Waals surface area contributed by atoms with Crippen LogP contribution in [0.2, 0.25) is 0 Å². The van der Waals surface area contributed by atoms with Crippen molar-refractivity contribution < 1.29 is 29.6 Å². The standard InChI is InChI=1S/C37H48O6/c1-24(15-16-31-34(3,4)20-26(38)22-36(31,7)41)13-11-9-10-12-14-25(2)17-28-18-29(33(40)42-28)30-19-32-35(5,6)21-27(39)23-37(32,8)43-30/h9-15,17-19,26-27,32,38-39,41H,20-23H2,1-8H3/b11-9+,12-10+,24-13+,25-14+,28-17-/t16?,26-,27-,32?,36+,37+/m0/s1. The van der Waals surface area contributed by atoms with Crippen molar-refractivity contribution in [3.8, 4) is 0 Å². The molecule has 232 valence electrons. The van der Waals surface area contributed by atoms with Gasteiger partial charge in [0.05, 0.1) is 17.8 Å². The Bertz CT molecular complexity index is 1400. The fraction of sp³-hybridized carbons (Fsp3) is 0.514. The number of carbonyl (C=O) groups excluding carboxylic acids is 1. The molecule has 5 atom stereocenters. The van der Waals surface area contributed by atoms with Crippen molar-refractivity contribution in [2.75, 3.05) is 0 Å². The van der Waals surface area contributed by atoms with Gasteiger partial charge < -0.3 is 24.8 Å². The second-order valence-electron chi connectivity index (χ2n) is 14.4. The molecule has 6 heteroatoms. The molecule has 4 aliphatic rings. The highest BCUT2D eigenvalue weighted by atomic mass is 16.6. The van der Waals surface area contributed by atoms with Crippen molar-refractivity contribution in [3.05, 3.63) is 100 Å². The van der Waals surface area contributed by atoms with E-state index >= 15 is 0 Å². The second kappa shape index (κ2) is 12.1. The molecule has 0 aromatic carbocycles. The lowest BCUT2D eigenvalue weighted by molar-refractivity contribution is -0.134. The summed E-state index contributed by atoms with van der Waals surface area (Å²) in [5.74, 6) is 0.679. The van der Waals surface area contributed by atoms with E-state index in [1.54, 1.807) is 13.0 Å². The maximum Gasteiger partial charge on any atom is 0.347 e. The average Bonchev–Trinajstić information content (AvgIpc) is 3.38. The van der Waals surface area contributed by atoms with Gasteiger partial charge in [0.25, 0.3) is 0 Å². The van der Waals surface area contributed by atoms with Crippen LogP contribution in [-0.4, -0.2) is 44.7 Å². The van der Waals surface area contributed by atoms with Crippen LogP contribution in [-0.2, 0) is 14.3 Å². The van der Waals surface area contributed by atoms with Crippen LogP contribution in [0.25, 0.3) is 0 Å². The van der Waals surface area contributed by atoms with Gasteiger partial charge in [-0.1, -0.05) is 64.2 Å². The van der Waals surface area contributed by atoms with Crippen molar-refractivity contribution in [1.82, 2.24) is 0 Å². The predicted molar refractivity (Wildman–Crippen MR) is 169 cm³/mol. The van der Waals surface area contributed by atoms with E-state index < -0.39 is 29.4 Å². The first-order valence-corrected chi connectivity index (χ1v) is 15.2. The minimum Gasteiger partial charge on any atom is -0.486 e. The Balaban J connectivity index is 1.39. The Kier molecular flexibility index (Phi) is 9.21. The molecule has 2 saturated carbocycles. The van der Waals surface area contributed by atoms with E-state index in [-0.39, 0.29) is 16.7 Å². The lowest BCUT2D eigenvalue weighted by atomic mass is 9.61. The zero-order valence-electron chi connectivity index (χ0n) is 26.9. The zero-order chi connectivity index (χ0) is 31.8. The number of hydrogen-bond acceptors (Lipinski definition) is 6. The third-order valence-corrected chi connectivity index (χ3v) is 9.01. The van der Waals surface area contributed by atoms with E-state index in [9.17, 15) is 20.1 Å². The first kappa shape index (κ1) is 32.8. The van der Waals surface area contributed by atoms with Gasteiger partial charge in [-0.25, -0.2) is 4.79 Å². The van der Waals surface area contributed by atoms with Gasteiger partial charge in [0, 0.05) is 24.3 Å². The monoisotopic (exact) mass is 588 g/mol. The maximum atomic E-state index is 12.7. The van der Waals surface area contributed by atoms with Gasteiger partial charge in [-0.2, -0.15) is 0 Å². The summed E-state index contributed by atoms with van der Waals surface area (Å²) < 4.78 is 11.8. The van der Waals surface area contributed by atoms with E-state index in [4.69, 9.17) is 9.47 Å². The number of esters is 1. The average molecular weight is 589 g/mol. The van der Waals surface area contributed by atoms with Crippen molar-refractivity contribution >= 4 is 5.97 Å². The number of cyclic esters (lactones) is 1. The number of aliphatic hydroxyl groups excluding tert-OH is 2. The van der Waals surface area contributed by atoms with Crippen LogP contribution in [0.15, 0.2) is 100 Å². The molecule has 0 aromatic heterocycles. The first-order chi connectivity index (χ1) is 19.9. The van der Waals surface area contributed by atoms with Crippen molar-refractivity contribution in [2.24, 2.45) is 16.7 Å². The quantitative estimate of drug-likeness (QED) is 0.179. The van der Waals surface area contributed by atoms with Gasteiger partial charge in [-0.3, -0.25) is 0 Å². The number of fused-ring (bicyclic) bond motifs is 1. The summed E-state index contributed by atoms with van der Waals surface area (Å²) in [7, 11) is 0. The van der Waals surface area contributed by atoms with Crippen molar-refractivity contribution in [3.63, 3.8) is 0 Å². The lowest BCUT2D eigenvalue weighted by Gasteiger charge is -2.47. The Labute approximate surface area is 256 Å². The first-order valence-electron chi connectivity index (χ1n) is 15.2. The molecule has 0 bridgehead atoms. The molecule has 0 aromatic rings. The highest BCUT2D eigenvalue weighted by Crippen LogP contribution is 2.54. The molecule has 2 fully saturated rings. The van der Waals surface area contributed by atoms with Crippen LogP contribution in [0.1, 0.15) is 81.1 Å². The normalized spacial score (nSPS) is 35.0. The minimum absolute atomic E-state index is 0.0991. The minimum atomic E-state index is -1.08. The smallest absolute Gasteiger partial charge is 0.347 e.